The van der Waals surface area contributed by atoms with Gasteiger partial charge in [-0.05, 0) is 36.8 Å². The second-order valence-electron chi connectivity index (χ2n) is 6.31. The van der Waals surface area contributed by atoms with E-state index in [1.807, 2.05) is 18.2 Å². The van der Waals surface area contributed by atoms with Crippen LogP contribution in [0.1, 0.15) is 24.8 Å². The first-order chi connectivity index (χ1) is 10.8. The third-order valence-corrected chi connectivity index (χ3v) is 4.47. The van der Waals surface area contributed by atoms with Gasteiger partial charge in [-0.25, -0.2) is 0 Å². The van der Waals surface area contributed by atoms with Crippen LogP contribution >= 0.6 is 0 Å². The quantitative estimate of drug-likeness (QED) is 0.740. The molecule has 3 N–H and O–H groups in total. The number of hydrazine groups is 1. The number of ether oxygens (including phenoxy) is 1. The molecule has 1 fully saturated rings. The van der Waals surface area contributed by atoms with E-state index in [1.54, 1.807) is 0 Å². The van der Waals surface area contributed by atoms with Crippen LogP contribution in [0.5, 0.6) is 5.75 Å². The zero-order valence-corrected chi connectivity index (χ0v) is 12.9. The van der Waals surface area contributed by atoms with E-state index in [-0.39, 0.29) is 5.91 Å². The summed E-state index contributed by atoms with van der Waals surface area (Å²) in [4.78, 5) is 11.9. The maximum Gasteiger partial charge on any atom is 0.220 e. The summed E-state index contributed by atoms with van der Waals surface area (Å²) in [6, 6.07) is 8.15. The lowest BCUT2D eigenvalue weighted by Gasteiger charge is -2.25. The van der Waals surface area contributed by atoms with Crippen molar-refractivity contribution in [3.8, 4) is 5.75 Å². The van der Waals surface area contributed by atoms with Crippen molar-refractivity contribution in [3.63, 3.8) is 0 Å². The van der Waals surface area contributed by atoms with Crippen molar-refractivity contribution in [2.75, 3.05) is 26.2 Å². The molecule has 2 aliphatic heterocycles. The largest absolute Gasteiger partial charge is 0.493 e. The number of nitrogens with one attached hydrogen (secondary N) is 3. The summed E-state index contributed by atoms with van der Waals surface area (Å²) in [5.74, 6) is 2.19. The molecule has 3 rings (SSSR count). The lowest BCUT2D eigenvalue weighted by Crippen LogP contribution is -2.34. The maximum absolute atomic E-state index is 11.9. The number of amides is 1. The average Bonchev–Trinajstić information content (AvgIpc) is 3.06. The minimum Gasteiger partial charge on any atom is -0.493 e. The summed E-state index contributed by atoms with van der Waals surface area (Å²) in [7, 11) is 0. The van der Waals surface area contributed by atoms with E-state index in [0.717, 1.165) is 38.1 Å². The van der Waals surface area contributed by atoms with Gasteiger partial charge in [0.25, 0.3) is 0 Å². The molecule has 1 amide bonds. The summed E-state index contributed by atoms with van der Waals surface area (Å²) >= 11 is 0. The molecule has 0 spiro atoms. The number of carbonyl (C=O) groups excluding carboxylic acids is 1. The lowest BCUT2D eigenvalue weighted by molar-refractivity contribution is -0.121. The Kier molecular flexibility index (Phi) is 5.29. The highest BCUT2D eigenvalue weighted by Gasteiger charge is 2.20. The fraction of sp³-hybridized carbons (Fsp3) is 0.588. The first kappa shape index (κ1) is 15.3. The van der Waals surface area contributed by atoms with Gasteiger partial charge in [-0.2, -0.15) is 0 Å². The highest BCUT2D eigenvalue weighted by Crippen LogP contribution is 2.26. The number of carbonyl (C=O) groups is 1. The summed E-state index contributed by atoms with van der Waals surface area (Å²) < 4.78 is 5.75. The van der Waals surface area contributed by atoms with E-state index in [9.17, 15) is 4.79 Å². The average molecular weight is 303 g/mol. The van der Waals surface area contributed by atoms with E-state index in [1.165, 1.54) is 5.56 Å². The van der Waals surface area contributed by atoms with Crippen LogP contribution in [0.4, 0.5) is 0 Å². The predicted molar refractivity (Wildman–Crippen MR) is 85.5 cm³/mol. The first-order valence-corrected chi connectivity index (χ1v) is 8.24. The molecule has 5 heteroatoms. The number of rotatable bonds is 6. The Morgan fingerprint density at radius 3 is 2.91 bits per heavy atom. The molecule has 1 atom stereocenters. The Morgan fingerprint density at radius 1 is 1.23 bits per heavy atom. The summed E-state index contributed by atoms with van der Waals surface area (Å²) in [6.07, 6.45) is 3.67. The Hall–Kier alpha value is -1.59. The maximum atomic E-state index is 11.9. The van der Waals surface area contributed by atoms with Crippen LogP contribution in [0, 0.1) is 11.8 Å². The predicted octanol–water partition coefficient (Wildman–Crippen LogP) is 1.25. The Morgan fingerprint density at radius 2 is 2.05 bits per heavy atom. The molecular formula is C17H25N3O2. The van der Waals surface area contributed by atoms with E-state index in [4.69, 9.17) is 4.74 Å². The number of fused-ring (bicyclic) bond motifs is 1. The van der Waals surface area contributed by atoms with Crippen molar-refractivity contribution < 1.29 is 9.53 Å². The van der Waals surface area contributed by atoms with Crippen molar-refractivity contribution in [1.82, 2.24) is 16.2 Å². The van der Waals surface area contributed by atoms with Crippen LogP contribution in [0.15, 0.2) is 24.3 Å². The molecule has 2 heterocycles. The van der Waals surface area contributed by atoms with Gasteiger partial charge in [-0.3, -0.25) is 15.6 Å². The molecule has 1 unspecified atom stereocenters. The lowest BCUT2D eigenvalue weighted by atomic mass is 9.96. The minimum absolute atomic E-state index is 0.165. The standard InChI is InChI=1S/C17H25N3O2/c21-17(7-3-4-13-10-19-20-11-13)18-9-14-8-15-5-1-2-6-16(15)22-12-14/h1-2,5-6,13-14,19-20H,3-4,7-12H2,(H,18,21). The SMILES string of the molecule is O=C(CCCC1CNNC1)NCC1COc2ccccc2C1. The molecule has 0 aliphatic carbocycles. The molecule has 120 valence electrons. The van der Waals surface area contributed by atoms with Gasteiger partial charge in [-0.1, -0.05) is 18.2 Å². The van der Waals surface area contributed by atoms with Crippen molar-refractivity contribution in [3.05, 3.63) is 29.8 Å². The van der Waals surface area contributed by atoms with Crippen molar-refractivity contribution in [2.45, 2.75) is 25.7 Å². The first-order valence-electron chi connectivity index (χ1n) is 8.24. The summed E-state index contributed by atoms with van der Waals surface area (Å²) in [5, 5.41) is 3.06. The van der Waals surface area contributed by atoms with Gasteiger partial charge in [0.1, 0.15) is 5.75 Å². The van der Waals surface area contributed by atoms with Crippen LogP contribution in [-0.4, -0.2) is 32.1 Å². The Labute approximate surface area is 131 Å². The zero-order chi connectivity index (χ0) is 15.2. The van der Waals surface area contributed by atoms with Gasteiger partial charge in [0.05, 0.1) is 6.61 Å². The Balaban J connectivity index is 1.33. The number of para-hydroxylation sites is 1. The second kappa shape index (κ2) is 7.61. The zero-order valence-electron chi connectivity index (χ0n) is 12.9. The van der Waals surface area contributed by atoms with Gasteiger partial charge in [0, 0.05) is 32.0 Å². The number of hydrogen-bond donors (Lipinski definition) is 3. The van der Waals surface area contributed by atoms with Gasteiger partial charge in [0.15, 0.2) is 0 Å². The molecule has 22 heavy (non-hydrogen) atoms. The minimum atomic E-state index is 0.165. The molecule has 0 aromatic heterocycles. The van der Waals surface area contributed by atoms with Gasteiger partial charge < -0.3 is 10.1 Å². The van der Waals surface area contributed by atoms with Crippen molar-refractivity contribution in [2.24, 2.45) is 11.8 Å². The van der Waals surface area contributed by atoms with Crippen LogP contribution in [-0.2, 0) is 11.2 Å². The topological polar surface area (TPSA) is 62.4 Å². The smallest absolute Gasteiger partial charge is 0.220 e. The van der Waals surface area contributed by atoms with Crippen molar-refractivity contribution >= 4 is 5.91 Å². The van der Waals surface area contributed by atoms with Crippen LogP contribution in [0.25, 0.3) is 0 Å². The van der Waals surface area contributed by atoms with Gasteiger partial charge in [-0.15, -0.1) is 0 Å². The molecule has 0 radical (unpaired) electrons. The van der Waals surface area contributed by atoms with Gasteiger partial charge in [0.2, 0.25) is 5.91 Å². The Bertz CT molecular complexity index is 500. The number of benzene rings is 1. The van der Waals surface area contributed by atoms with E-state index in [0.29, 0.717) is 31.4 Å². The molecule has 2 aliphatic rings. The highest BCUT2D eigenvalue weighted by atomic mass is 16.5. The monoisotopic (exact) mass is 303 g/mol. The fourth-order valence-corrected chi connectivity index (χ4v) is 3.13. The van der Waals surface area contributed by atoms with E-state index in [2.05, 4.69) is 22.2 Å². The van der Waals surface area contributed by atoms with Crippen LogP contribution in [0.2, 0.25) is 0 Å². The molecule has 5 nitrogen and oxygen atoms in total. The third kappa shape index (κ3) is 4.21. The van der Waals surface area contributed by atoms with E-state index >= 15 is 0 Å². The molecule has 1 aromatic rings. The van der Waals surface area contributed by atoms with Gasteiger partial charge >= 0.3 is 0 Å². The fourth-order valence-electron chi connectivity index (χ4n) is 3.13. The summed E-state index contributed by atoms with van der Waals surface area (Å²) in [5.41, 5.74) is 7.49. The second-order valence-corrected chi connectivity index (χ2v) is 6.31. The van der Waals surface area contributed by atoms with Crippen LogP contribution in [0.3, 0.4) is 0 Å². The highest BCUT2D eigenvalue weighted by molar-refractivity contribution is 5.75. The van der Waals surface area contributed by atoms with E-state index < -0.39 is 0 Å². The molecular weight excluding hydrogens is 278 g/mol. The normalized spacial score (nSPS) is 21.2. The molecule has 0 saturated carbocycles. The van der Waals surface area contributed by atoms with Crippen molar-refractivity contribution in [1.29, 1.82) is 0 Å². The molecule has 1 saturated heterocycles. The number of hydrogen-bond acceptors (Lipinski definition) is 4. The van der Waals surface area contributed by atoms with Crippen LogP contribution < -0.4 is 20.9 Å². The summed E-state index contributed by atoms with van der Waals surface area (Å²) in [6.45, 7) is 3.43. The molecule has 0 bridgehead atoms. The molecule has 1 aromatic carbocycles. The third-order valence-electron chi connectivity index (χ3n) is 4.47.